The second-order valence-corrected chi connectivity index (χ2v) is 13.8. The molecule has 5 nitrogen and oxygen atoms in total. The highest BCUT2D eigenvalue weighted by Gasteiger charge is 2.30. The van der Waals surface area contributed by atoms with Gasteiger partial charge in [-0.25, -0.2) is 0 Å². The van der Waals surface area contributed by atoms with Crippen LogP contribution in [-0.2, 0) is 11.8 Å². The standard InChI is InChI=1S/C28H23NO4P2S/c1-2-34(27-9-5-3-6-10-27,28-11-7-4-8-12-28)29-35(36,32-25-17-13-23(21-30)14-18-25)33-26-19-15-24(22-31)16-20-26/h2-22H,1H2. The summed E-state index contributed by atoms with van der Waals surface area (Å²) < 4.78 is 17.8. The number of carbonyl (C=O) groups excluding carboxylic acids is 2. The first-order chi connectivity index (χ1) is 17.5. The lowest BCUT2D eigenvalue weighted by Crippen LogP contribution is -2.15. The van der Waals surface area contributed by atoms with Crippen LogP contribution in [0, 0.1) is 0 Å². The molecule has 36 heavy (non-hydrogen) atoms. The average molecular weight is 532 g/mol. The van der Waals surface area contributed by atoms with Gasteiger partial charge >= 0.3 is 6.64 Å². The molecule has 0 aliphatic carbocycles. The van der Waals surface area contributed by atoms with Crippen molar-refractivity contribution in [3.05, 3.63) is 133 Å². The van der Waals surface area contributed by atoms with Crippen molar-refractivity contribution in [1.29, 1.82) is 0 Å². The molecular weight excluding hydrogens is 508 g/mol. The van der Waals surface area contributed by atoms with Gasteiger partial charge in [-0.15, -0.1) is 0 Å². The Hall–Kier alpha value is -3.56. The Morgan fingerprint density at radius 1 is 0.639 bits per heavy atom. The molecule has 0 bridgehead atoms. The van der Waals surface area contributed by atoms with Gasteiger partial charge in [0, 0.05) is 33.5 Å². The maximum atomic E-state index is 11.1. The van der Waals surface area contributed by atoms with Crippen LogP contribution in [0.25, 0.3) is 0 Å². The summed E-state index contributed by atoms with van der Waals surface area (Å²) in [4.78, 5) is 22.2. The first-order valence-electron chi connectivity index (χ1n) is 11.0. The number of nitrogens with zero attached hydrogens (tertiary/aromatic N) is 1. The summed E-state index contributed by atoms with van der Waals surface area (Å²) >= 11 is 6.04. The highest BCUT2D eigenvalue weighted by molar-refractivity contribution is 8.11. The lowest BCUT2D eigenvalue weighted by Gasteiger charge is -2.27. The molecule has 0 amide bonds. The summed E-state index contributed by atoms with van der Waals surface area (Å²) in [5.74, 6) is 2.71. The normalized spacial score (nSPS) is 11.2. The predicted octanol–water partition coefficient (Wildman–Crippen LogP) is 6.99. The van der Waals surface area contributed by atoms with Crippen LogP contribution in [-0.4, -0.2) is 12.6 Å². The Morgan fingerprint density at radius 2 is 1.03 bits per heavy atom. The minimum atomic E-state index is -3.42. The molecule has 0 fully saturated rings. The van der Waals surface area contributed by atoms with E-state index in [9.17, 15) is 9.59 Å². The summed E-state index contributed by atoms with van der Waals surface area (Å²) in [7, 11) is -2.64. The van der Waals surface area contributed by atoms with E-state index in [1.165, 1.54) is 0 Å². The van der Waals surface area contributed by atoms with Crippen molar-refractivity contribution in [2.45, 2.75) is 0 Å². The van der Waals surface area contributed by atoms with Crippen LogP contribution in [0.15, 0.2) is 126 Å². The first-order valence-corrected chi connectivity index (χ1v) is 15.4. The Balaban J connectivity index is 1.92. The number of hydrogen-bond acceptors (Lipinski definition) is 5. The summed E-state index contributed by atoms with van der Waals surface area (Å²) in [6.45, 7) is 0.748. The predicted molar refractivity (Wildman–Crippen MR) is 151 cm³/mol. The van der Waals surface area contributed by atoms with E-state index >= 15 is 0 Å². The third-order valence-electron chi connectivity index (χ3n) is 5.29. The molecule has 0 radical (unpaired) electrons. The van der Waals surface area contributed by atoms with Crippen LogP contribution >= 0.6 is 13.7 Å². The Morgan fingerprint density at radius 3 is 1.36 bits per heavy atom. The highest BCUT2D eigenvalue weighted by atomic mass is 32.5. The zero-order valence-electron chi connectivity index (χ0n) is 19.2. The fraction of sp³-hybridized carbons (Fsp3) is 0. The maximum Gasteiger partial charge on any atom is 0.413 e. The van der Waals surface area contributed by atoms with E-state index in [1.807, 2.05) is 66.5 Å². The Bertz CT molecular complexity index is 1350. The van der Waals surface area contributed by atoms with E-state index < -0.39 is 13.7 Å². The fourth-order valence-electron chi connectivity index (χ4n) is 3.52. The van der Waals surface area contributed by atoms with E-state index in [0.717, 1.165) is 23.2 Å². The molecule has 4 aromatic carbocycles. The molecule has 180 valence electrons. The molecule has 8 heteroatoms. The molecule has 0 aromatic heterocycles. The molecule has 4 aromatic rings. The number of rotatable bonds is 10. The van der Waals surface area contributed by atoms with Crippen molar-refractivity contribution in [3.8, 4) is 11.5 Å². The van der Waals surface area contributed by atoms with E-state index in [2.05, 4.69) is 6.58 Å². The molecule has 0 unspecified atom stereocenters. The van der Waals surface area contributed by atoms with Gasteiger partial charge in [-0.3, -0.25) is 9.59 Å². The van der Waals surface area contributed by atoms with E-state index in [0.29, 0.717) is 22.6 Å². The van der Waals surface area contributed by atoms with Gasteiger partial charge in [0.2, 0.25) is 0 Å². The van der Waals surface area contributed by atoms with Gasteiger partial charge < -0.3 is 9.05 Å². The van der Waals surface area contributed by atoms with Crippen molar-refractivity contribution in [3.63, 3.8) is 0 Å². The summed E-state index contributed by atoms with van der Waals surface area (Å²) in [6.07, 6.45) is 1.52. The second-order valence-electron chi connectivity index (χ2n) is 7.65. The van der Waals surface area contributed by atoms with E-state index in [1.54, 1.807) is 48.5 Å². The minimum Gasteiger partial charge on any atom is -0.419 e. The van der Waals surface area contributed by atoms with Gasteiger partial charge in [-0.2, -0.15) is 4.52 Å². The molecule has 0 N–H and O–H groups in total. The molecule has 0 spiro atoms. The van der Waals surface area contributed by atoms with Gasteiger partial charge in [0.05, 0.1) is 7.05 Å². The molecule has 0 heterocycles. The van der Waals surface area contributed by atoms with E-state index in [-0.39, 0.29) is 0 Å². The van der Waals surface area contributed by atoms with Gasteiger partial charge in [0.25, 0.3) is 0 Å². The van der Waals surface area contributed by atoms with Crippen molar-refractivity contribution in [2.75, 3.05) is 0 Å². The van der Waals surface area contributed by atoms with Crippen molar-refractivity contribution in [2.24, 2.45) is 4.52 Å². The molecular formula is C28H23NO4P2S. The van der Waals surface area contributed by atoms with Gasteiger partial charge in [-0.05, 0) is 54.3 Å². The summed E-state index contributed by atoms with van der Waals surface area (Å²) in [5, 5.41) is 1.92. The number of benzene rings is 4. The summed E-state index contributed by atoms with van der Waals surface area (Å²) in [6, 6.07) is 32.9. The first kappa shape index (κ1) is 25.5. The molecule has 0 saturated carbocycles. The molecule has 0 aliphatic rings. The average Bonchev–Trinajstić information content (AvgIpc) is 2.93. The third-order valence-corrected chi connectivity index (χ3v) is 12.0. The van der Waals surface area contributed by atoms with Crippen LogP contribution in [0.2, 0.25) is 0 Å². The largest absolute Gasteiger partial charge is 0.419 e. The van der Waals surface area contributed by atoms with Crippen LogP contribution in [0.5, 0.6) is 11.5 Å². The van der Waals surface area contributed by atoms with E-state index in [4.69, 9.17) is 25.4 Å². The fourth-order valence-corrected chi connectivity index (χ4v) is 10.7. The zero-order valence-corrected chi connectivity index (χ0v) is 21.8. The smallest absolute Gasteiger partial charge is 0.413 e. The third kappa shape index (κ3) is 5.80. The SMILES string of the molecule is C=CP(=NP(=S)(Oc1ccc(C=O)cc1)Oc1ccc(C=O)cc1)(c1ccccc1)c1ccccc1. The van der Waals surface area contributed by atoms with Crippen molar-refractivity contribution >= 4 is 48.7 Å². The molecule has 0 saturated heterocycles. The van der Waals surface area contributed by atoms with Gasteiger partial charge in [-0.1, -0.05) is 67.2 Å². The maximum absolute atomic E-state index is 11.1. The number of hydrogen-bond donors (Lipinski definition) is 0. The Labute approximate surface area is 215 Å². The lowest BCUT2D eigenvalue weighted by atomic mass is 10.2. The van der Waals surface area contributed by atoms with Gasteiger partial charge in [0.1, 0.15) is 24.1 Å². The molecule has 0 aliphatic heterocycles. The monoisotopic (exact) mass is 531 g/mol. The molecule has 0 atom stereocenters. The second kappa shape index (κ2) is 11.5. The van der Waals surface area contributed by atoms with Gasteiger partial charge in [0.15, 0.2) is 0 Å². The van der Waals surface area contributed by atoms with Crippen LogP contribution in [0.1, 0.15) is 20.7 Å². The van der Waals surface area contributed by atoms with Crippen molar-refractivity contribution in [1.82, 2.24) is 0 Å². The Kier molecular flexibility index (Phi) is 8.12. The number of aldehydes is 2. The highest BCUT2D eigenvalue weighted by Crippen LogP contribution is 2.62. The van der Waals surface area contributed by atoms with Crippen molar-refractivity contribution < 1.29 is 18.6 Å². The van der Waals surface area contributed by atoms with Crippen LogP contribution in [0.3, 0.4) is 0 Å². The van der Waals surface area contributed by atoms with Crippen LogP contribution in [0.4, 0.5) is 0 Å². The van der Waals surface area contributed by atoms with Crippen LogP contribution < -0.4 is 19.7 Å². The quantitative estimate of drug-likeness (QED) is 0.163. The summed E-state index contributed by atoms with van der Waals surface area (Å²) in [5.41, 5.74) is 1.03. The topological polar surface area (TPSA) is 65.0 Å². The minimum absolute atomic E-state index is 0.431. The molecule has 4 rings (SSSR count). The zero-order chi connectivity index (χ0) is 25.4. The lowest BCUT2D eigenvalue weighted by molar-refractivity contribution is 0.111. The number of carbonyl (C=O) groups is 2.